The van der Waals surface area contributed by atoms with Gasteiger partial charge >= 0.3 is 5.97 Å². The predicted octanol–water partition coefficient (Wildman–Crippen LogP) is 4.18. The number of anilines is 2. The molecule has 1 amide bonds. The molecule has 154 valence electrons. The highest BCUT2D eigenvalue weighted by Crippen LogP contribution is 2.25. The van der Waals surface area contributed by atoms with Crippen molar-refractivity contribution in [1.82, 2.24) is 0 Å². The second kappa shape index (κ2) is 8.98. The standard InChI is InChI=1S/C21H17ClN2O5S/c1-29-21(26)15-7-4-6-14(12-15)20(25)23-16-8-5-9-17(13-16)30(27,28)24-19-11-3-2-10-18(19)22/h2-13,24H,1H3,(H,23,25). The Bertz CT molecular complexity index is 1210. The van der Waals surface area contributed by atoms with E-state index in [1.54, 1.807) is 36.4 Å². The van der Waals surface area contributed by atoms with Crippen LogP contribution in [0.3, 0.4) is 0 Å². The number of hydrogen-bond donors (Lipinski definition) is 2. The molecule has 2 N–H and O–H groups in total. The molecule has 0 saturated heterocycles. The van der Waals surface area contributed by atoms with Crippen molar-refractivity contribution in [1.29, 1.82) is 0 Å². The van der Waals surface area contributed by atoms with E-state index in [4.69, 9.17) is 11.6 Å². The number of esters is 1. The van der Waals surface area contributed by atoms with Gasteiger partial charge in [0, 0.05) is 11.3 Å². The topological polar surface area (TPSA) is 102 Å². The minimum absolute atomic E-state index is 0.0523. The van der Waals surface area contributed by atoms with Crippen molar-refractivity contribution in [2.75, 3.05) is 17.1 Å². The molecular weight excluding hydrogens is 428 g/mol. The molecule has 3 aromatic carbocycles. The molecule has 9 heteroatoms. The van der Waals surface area contributed by atoms with Crippen molar-refractivity contribution >= 4 is 44.9 Å². The van der Waals surface area contributed by atoms with Gasteiger partial charge in [-0.2, -0.15) is 0 Å². The molecule has 3 aromatic rings. The summed E-state index contributed by atoms with van der Waals surface area (Å²) in [4.78, 5) is 24.1. The van der Waals surface area contributed by atoms with Gasteiger partial charge in [0.25, 0.3) is 15.9 Å². The monoisotopic (exact) mass is 444 g/mol. The Morgan fingerprint density at radius 2 is 1.60 bits per heavy atom. The molecule has 0 fully saturated rings. The van der Waals surface area contributed by atoms with Gasteiger partial charge in [0.1, 0.15) is 0 Å². The minimum Gasteiger partial charge on any atom is -0.465 e. The summed E-state index contributed by atoms with van der Waals surface area (Å²) in [6.45, 7) is 0. The van der Waals surface area contributed by atoms with Gasteiger partial charge in [-0.05, 0) is 48.5 Å². The van der Waals surface area contributed by atoms with E-state index in [0.29, 0.717) is 0 Å². The first-order chi connectivity index (χ1) is 14.3. The van der Waals surface area contributed by atoms with Crippen LogP contribution < -0.4 is 10.0 Å². The summed E-state index contributed by atoms with van der Waals surface area (Å²) in [7, 11) is -2.68. The Hall–Kier alpha value is -3.36. The largest absolute Gasteiger partial charge is 0.465 e. The molecule has 3 rings (SSSR count). The molecule has 0 heterocycles. The van der Waals surface area contributed by atoms with Gasteiger partial charge in [0.2, 0.25) is 0 Å². The summed E-state index contributed by atoms with van der Waals surface area (Å²) in [5.41, 5.74) is 0.963. The van der Waals surface area contributed by atoms with Gasteiger partial charge in [0.15, 0.2) is 0 Å². The summed E-state index contributed by atoms with van der Waals surface area (Å²) in [5, 5.41) is 2.88. The number of sulfonamides is 1. The van der Waals surface area contributed by atoms with Crippen LogP contribution in [0.2, 0.25) is 5.02 Å². The molecule has 0 atom stereocenters. The van der Waals surface area contributed by atoms with E-state index in [1.165, 1.54) is 43.5 Å². The molecule has 0 aromatic heterocycles. The maximum Gasteiger partial charge on any atom is 0.337 e. The second-order valence-electron chi connectivity index (χ2n) is 6.14. The van der Waals surface area contributed by atoms with Crippen LogP contribution in [0.1, 0.15) is 20.7 Å². The molecule has 0 bridgehead atoms. The van der Waals surface area contributed by atoms with Crippen molar-refractivity contribution in [3.63, 3.8) is 0 Å². The number of hydrogen-bond acceptors (Lipinski definition) is 5. The van der Waals surface area contributed by atoms with Gasteiger partial charge in [-0.25, -0.2) is 13.2 Å². The molecule has 0 radical (unpaired) electrons. The van der Waals surface area contributed by atoms with Crippen LogP contribution in [0.15, 0.2) is 77.7 Å². The van der Waals surface area contributed by atoms with Crippen LogP contribution in [-0.2, 0) is 14.8 Å². The number of nitrogens with one attached hydrogen (secondary N) is 2. The average molecular weight is 445 g/mol. The number of carbonyl (C=O) groups is 2. The molecule has 7 nitrogen and oxygen atoms in total. The third kappa shape index (κ3) is 4.97. The van der Waals surface area contributed by atoms with Crippen LogP contribution >= 0.6 is 11.6 Å². The minimum atomic E-state index is -3.93. The fourth-order valence-electron chi connectivity index (χ4n) is 2.60. The average Bonchev–Trinajstić information content (AvgIpc) is 2.75. The number of ether oxygens (including phenoxy) is 1. The number of benzene rings is 3. The Kier molecular flexibility index (Phi) is 6.39. The predicted molar refractivity (Wildman–Crippen MR) is 114 cm³/mol. The van der Waals surface area contributed by atoms with Crippen molar-refractivity contribution in [2.45, 2.75) is 4.90 Å². The van der Waals surface area contributed by atoms with Crippen molar-refractivity contribution in [2.24, 2.45) is 0 Å². The summed E-state index contributed by atoms with van der Waals surface area (Å²) >= 11 is 6.01. The number of methoxy groups -OCH3 is 1. The van der Waals surface area contributed by atoms with E-state index >= 15 is 0 Å². The molecule has 30 heavy (non-hydrogen) atoms. The normalized spacial score (nSPS) is 10.9. The van der Waals surface area contributed by atoms with Gasteiger partial charge in [-0.1, -0.05) is 35.9 Å². The third-order valence-electron chi connectivity index (χ3n) is 4.07. The smallest absolute Gasteiger partial charge is 0.337 e. The first-order valence-electron chi connectivity index (χ1n) is 8.67. The lowest BCUT2D eigenvalue weighted by Crippen LogP contribution is -2.15. The zero-order valence-electron chi connectivity index (χ0n) is 15.8. The molecule has 0 aliphatic heterocycles. The highest BCUT2D eigenvalue weighted by Gasteiger charge is 2.17. The van der Waals surface area contributed by atoms with Crippen molar-refractivity contribution in [3.8, 4) is 0 Å². The van der Waals surface area contributed by atoms with E-state index < -0.39 is 21.9 Å². The highest BCUT2D eigenvalue weighted by molar-refractivity contribution is 7.92. The SMILES string of the molecule is COC(=O)c1cccc(C(=O)Nc2cccc(S(=O)(=O)Nc3ccccc3Cl)c2)c1. The fourth-order valence-corrected chi connectivity index (χ4v) is 3.96. The van der Waals surface area contributed by atoms with Gasteiger partial charge < -0.3 is 10.1 Å². The lowest BCUT2D eigenvalue weighted by atomic mass is 10.1. The third-order valence-corrected chi connectivity index (χ3v) is 5.76. The van der Waals surface area contributed by atoms with Crippen LogP contribution in [0, 0.1) is 0 Å². The zero-order valence-corrected chi connectivity index (χ0v) is 17.3. The lowest BCUT2D eigenvalue weighted by molar-refractivity contribution is 0.0600. The summed E-state index contributed by atoms with van der Waals surface area (Å²) in [5.74, 6) is -1.07. The van der Waals surface area contributed by atoms with E-state index in [1.807, 2.05) is 0 Å². The van der Waals surface area contributed by atoms with E-state index in [9.17, 15) is 18.0 Å². The Morgan fingerprint density at radius 1 is 0.900 bits per heavy atom. The first kappa shape index (κ1) is 21.4. The number of halogens is 1. The number of carbonyl (C=O) groups excluding carboxylic acids is 2. The lowest BCUT2D eigenvalue weighted by Gasteiger charge is -2.11. The van der Waals surface area contributed by atoms with Gasteiger partial charge in [-0.15, -0.1) is 0 Å². The summed E-state index contributed by atoms with van der Waals surface area (Å²) in [6.07, 6.45) is 0. The Morgan fingerprint density at radius 3 is 2.33 bits per heavy atom. The Labute approximate surface area is 178 Å². The molecule has 0 aliphatic carbocycles. The van der Waals surface area contributed by atoms with Crippen molar-refractivity contribution in [3.05, 3.63) is 88.9 Å². The first-order valence-corrected chi connectivity index (χ1v) is 10.5. The maximum absolute atomic E-state index is 12.7. The highest BCUT2D eigenvalue weighted by atomic mass is 35.5. The van der Waals surface area contributed by atoms with E-state index in [-0.39, 0.29) is 32.4 Å². The van der Waals surface area contributed by atoms with Crippen LogP contribution in [0.4, 0.5) is 11.4 Å². The molecule has 0 unspecified atom stereocenters. The number of amides is 1. The summed E-state index contributed by atoms with van der Waals surface area (Å²) in [6, 6.07) is 18.2. The van der Waals surface area contributed by atoms with Gasteiger partial charge in [0.05, 0.1) is 28.3 Å². The van der Waals surface area contributed by atoms with Crippen LogP contribution in [0.5, 0.6) is 0 Å². The van der Waals surface area contributed by atoms with E-state index in [2.05, 4.69) is 14.8 Å². The number of rotatable bonds is 6. The molecule has 0 spiro atoms. The van der Waals surface area contributed by atoms with Crippen molar-refractivity contribution < 1.29 is 22.7 Å². The fraction of sp³-hybridized carbons (Fsp3) is 0.0476. The summed E-state index contributed by atoms with van der Waals surface area (Å²) < 4.78 is 32.4. The molecule has 0 aliphatic rings. The molecule has 0 saturated carbocycles. The van der Waals surface area contributed by atoms with Crippen LogP contribution in [0.25, 0.3) is 0 Å². The maximum atomic E-state index is 12.7. The molecular formula is C21H17ClN2O5S. The van der Waals surface area contributed by atoms with Gasteiger partial charge in [-0.3, -0.25) is 9.52 Å². The zero-order chi connectivity index (χ0) is 21.7. The number of para-hydroxylation sites is 1. The van der Waals surface area contributed by atoms with Crippen LogP contribution in [-0.4, -0.2) is 27.4 Å². The second-order valence-corrected chi connectivity index (χ2v) is 8.23. The Balaban J connectivity index is 1.81. The van der Waals surface area contributed by atoms with E-state index in [0.717, 1.165) is 0 Å². The quantitative estimate of drug-likeness (QED) is 0.555.